The number of carbonyl (C=O) groups excluding carboxylic acids is 1. The zero-order valence-electron chi connectivity index (χ0n) is 10.4. The highest BCUT2D eigenvalue weighted by molar-refractivity contribution is 6.04. The number of fused-ring (bicyclic) bond motifs is 1. The summed E-state index contributed by atoms with van der Waals surface area (Å²) in [7, 11) is 0. The van der Waals surface area contributed by atoms with Crippen LogP contribution in [0, 0.1) is 12.7 Å². The number of benzene rings is 2. The van der Waals surface area contributed by atoms with Crippen LogP contribution in [0.3, 0.4) is 0 Å². The molecule has 0 saturated carbocycles. The minimum absolute atomic E-state index is 0.0927. The largest absolute Gasteiger partial charge is 0.370 e. The molecule has 0 aliphatic carbocycles. The maximum Gasteiger partial charge on any atom is 0.251 e. The normalized spacial score (nSPS) is 16.9. The van der Waals surface area contributed by atoms with Gasteiger partial charge in [-0.25, -0.2) is 4.39 Å². The molecule has 3 nitrogen and oxygen atoms in total. The van der Waals surface area contributed by atoms with Gasteiger partial charge in [0.25, 0.3) is 5.91 Å². The van der Waals surface area contributed by atoms with Crippen molar-refractivity contribution in [3.05, 3.63) is 59.4 Å². The van der Waals surface area contributed by atoms with Gasteiger partial charge < -0.3 is 10.6 Å². The van der Waals surface area contributed by atoms with Crippen LogP contribution in [-0.2, 0) is 4.79 Å². The number of rotatable bonds is 2. The van der Waals surface area contributed by atoms with E-state index in [-0.39, 0.29) is 11.7 Å². The minimum atomic E-state index is -0.430. The lowest BCUT2D eigenvalue weighted by molar-refractivity contribution is -0.116. The van der Waals surface area contributed by atoms with Gasteiger partial charge in [-0.3, -0.25) is 4.79 Å². The molecule has 1 aliphatic rings. The van der Waals surface area contributed by atoms with Gasteiger partial charge in [-0.05, 0) is 36.8 Å². The number of nitrogens with one attached hydrogen (secondary N) is 2. The van der Waals surface area contributed by atoms with Crippen LogP contribution in [0.5, 0.6) is 0 Å². The molecule has 96 valence electrons. The van der Waals surface area contributed by atoms with Crippen LogP contribution in [-0.4, -0.2) is 5.91 Å². The van der Waals surface area contributed by atoms with E-state index in [1.54, 1.807) is 6.07 Å². The van der Waals surface area contributed by atoms with Crippen LogP contribution in [0.15, 0.2) is 42.5 Å². The van der Waals surface area contributed by atoms with E-state index in [0.29, 0.717) is 0 Å². The molecule has 0 aromatic heterocycles. The average Bonchev–Trinajstić information content (AvgIpc) is 2.69. The molecule has 0 fully saturated rings. The Morgan fingerprint density at radius 1 is 1.21 bits per heavy atom. The molecule has 1 amide bonds. The van der Waals surface area contributed by atoms with Crippen molar-refractivity contribution < 1.29 is 9.18 Å². The summed E-state index contributed by atoms with van der Waals surface area (Å²) in [6, 6.07) is 11.6. The van der Waals surface area contributed by atoms with E-state index in [1.807, 2.05) is 31.2 Å². The number of halogens is 1. The van der Waals surface area contributed by atoms with Gasteiger partial charge in [-0.1, -0.05) is 18.2 Å². The summed E-state index contributed by atoms with van der Waals surface area (Å²) in [6.07, 6.45) is 0. The fraction of sp³-hybridized carbons (Fsp3) is 0.133. The van der Waals surface area contributed by atoms with Crippen LogP contribution >= 0.6 is 0 Å². The molecule has 1 atom stereocenters. The van der Waals surface area contributed by atoms with Crippen LogP contribution < -0.4 is 10.6 Å². The highest BCUT2D eigenvalue weighted by Crippen LogP contribution is 2.33. The first kappa shape index (κ1) is 11.7. The summed E-state index contributed by atoms with van der Waals surface area (Å²) < 4.78 is 13.1. The van der Waals surface area contributed by atoms with E-state index >= 15 is 0 Å². The third-order valence-corrected chi connectivity index (χ3v) is 3.28. The summed E-state index contributed by atoms with van der Waals surface area (Å²) in [4.78, 5) is 12.0. The molecule has 0 saturated heterocycles. The summed E-state index contributed by atoms with van der Waals surface area (Å²) in [5.74, 6) is -0.371. The Morgan fingerprint density at radius 2 is 2.00 bits per heavy atom. The predicted octanol–water partition coefficient (Wildman–Crippen LogP) is 3.24. The SMILES string of the molecule is Cc1cc(F)ccc1NC1C(=O)Nc2ccccc21. The molecule has 3 rings (SSSR count). The number of hydrogen-bond donors (Lipinski definition) is 2. The molecule has 19 heavy (non-hydrogen) atoms. The van der Waals surface area contributed by atoms with E-state index in [0.717, 1.165) is 22.5 Å². The molecule has 1 heterocycles. The molecule has 0 radical (unpaired) electrons. The summed E-state index contributed by atoms with van der Waals surface area (Å²) in [5, 5.41) is 5.99. The third-order valence-electron chi connectivity index (χ3n) is 3.28. The van der Waals surface area contributed by atoms with Crippen LogP contribution in [0.4, 0.5) is 15.8 Å². The van der Waals surface area contributed by atoms with Crippen LogP contribution in [0.25, 0.3) is 0 Å². The zero-order valence-corrected chi connectivity index (χ0v) is 10.4. The fourth-order valence-electron chi connectivity index (χ4n) is 2.30. The quantitative estimate of drug-likeness (QED) is 0.866. The van der Waals surface area contributed by atoms with Gasteiger partial charge in [0.15, 0.2) is 0 Å². The summed E-state index contributed by atoms with van der Waals surface area (Å²) in [5.41, 5.74) is 3.27. The number of amides is 1. The van der Waals surface area contributed by atoms with Crippen molar-refractivity contribution in [3.63, 3.8) is 0 Å². The Bertz CT molecular complexity index is 654. The molecule has 0 bridgehead atoms. The molecular formula is C15H13FN2O. The predicted molar refractivity (Wildman–Crippen MR) is 72.6 cm³/mol. The molecule has 2 aromatic carbocycles. The van der Waals surface area contributed by atoms with Crippen molar-refractivity contribution in [2.75, 3.05) is 10.6 Å². The second-order valence-electron chi connectivity index (χ2n) is 4.61. The van der Waals surface area contributed by atoms with Gasteiger partial charge in [0.1, 0.15) is 11.9 Å². The molecule has 1 aliphatic heterocycles. The maximum atomic E-state index is 13.1. The molecule has 0 spiro atoms. The van der Waals surface area contributed by atoms with E-state index in [4.69, 9.17) is 0 Å². The zero-order chi connectivity index (χ0) is 13.4. The molecule has 1 unspecified atom stereocenters. The number of hydrogen-bond acceptors (Lipinski definition) is 2. The van der Waals surface area contributed by atoms with Gasteiger partial charge in [0.05, 0.1) is 0 Å². The van der Waals surface area contributed by atoms with Gasteiger partial charge in [-0.15, -0.1) is 0 Å². The van der Waals surface area contributed by atoms with Gasteiger partial charge in [0.2, 0.25) is 0 Å². The van der Waals surface area contributed by atoms with Crippen molar-refractivity contribution >= 4 is 17.3 Å². The van der Waals surface area contributed by atoms with Crippen molar-refractivity contribution in [2.24, 2.45) is 0 Å². The lowest BCUT2D eigenvalue weighted by Gasteiger charge is -2.15. The Morgan fingerprint density at radius 3 is 2.79 bits per heavy atom. The van der Waals surface area contributed by atoms with Gasteiger partial charge in [0, 0.05) is 16.9 Å². The topological polar surface area (TPSA) is 41.1 Å². The lowest BCUT2D eigenvalue weighted by Crippen LogP contribution is -2.20. The molecular weight excluding hydrogens is 243 g/mol. The van der Waals surface area contributed by atoms with E-state index in [9.17, 15) is 9.18 Å². The fourth-order valence-corrected chi connectivity index (χ4v) is 2.30. The Hall–Kier alpha value is -2.36. The van der Waals surface area contributed by atoms with Crippen LogP contribution in [0.2, 0.25) is 0 Å². The highest BCUT2D eigenvalue weighted by Gasteiger charge is 2.30. The summed E-state index contributed by atoms with van der Waals surface area (Å²) in [6.45, 7) is 1.81. The van der Waals surface area contributed by atoms with Crippen molar-refractivity contribution in [2.45, 2.75) is 13.0 Å². The monoisotopic (exact) mass is 256 g/mol. The number of para-hydroxylation sites is 1. The number of aryl methyl sites for hydroxylation is 1. The smallest absolute Gasteiger partial charge is 0.251 e. The second kappa shape index (κ2) is 4.39. The molecule has 4 heteroatoms. The van der Waals surface area contributed by atoms with E-state index < -0.39 is 6.04 Å². The molecule has 2 aromatic rings. The molecule has 2 N–H and O–H groups in total. The first-order valence-corrected chi connectivity index (χ1v) is 6.07. The van der Waals surface area contributed by atoms with Gasteiger partial charge in [-0.2, -0.15) is 0 Å². The van der Waals surface area contributed by atoms with Crippen molar-refractivity contribution in [1.29, 1.82) is 0 Å². The lowest BCUT2D eigenvalue weighted by atomic mass is 10.1. The second-order valence-corrected chi connectivity index (χ2v) is 4.61. The number of carbonyl (C=O) groups is 1. The Labute approximate surface area is 110 Å². The Balaban J connectivity index is 1.93. The minimum Gasteiger partial charge on any atom is -0.370 e. The summed E-state index contributed by atoms with van der Waals surface area (Å²) >= 11 is 0. The van der Waals surface area contributed by atoms with Crippen molar-refractivity contribution in [1.82, 2.24) is 0 Å². The average molecular weight is 256 g/mol. The van der Waals surface area contributed by atoms with E-state index in [1.165, 1.54) is 12.1 Å². The van der Waals surface area contributed by atoms with Crippen LogP contribution in [0.1, 0.15) is 17.2 Å². The standard InChI is InChI=1S/C15H13FN2O/c1-9-8-10(16)6-7-12(9)17-14-11-4-2-3-5-13(11)18-15(14)19/h2-8,14,17H,1H3,(H,18,19). The number of anilines is 2. The third kappa shape index (κ3) is 2.05. The van der Waals surface area contributed by atoms with Crippen molar-refractivity contribution in [3.8, 4) is 0 Å². The first-order valence-electron chi connectivity index (χ1n) is 6.07. The Kier molecular flexibility index (Phi) is 2.71. The first-order chi connectivity index (χ1) is 9.15. The maximum absolute atomic E-state index is 13.1. The van der Waals surface area contributed by atoms with E-state index in [2.05, 4.69) is 10.6 Å². The van der Waals surface area contributed by atoms with Gasteiger partial charge >= 0.3 is 0 Å². The highest BCUT2D eigenvalue weighted by atomic mass is 19.1.